The van der Waals surface area contributed by atoms with Gasteiger partial charge in [-0.1, -0.05) is 32.0 Å². The van der Waals surface area contributed by atoms with Gasteiger partial charge in [0.05, 0.1) is 26.9 Å². The fourth-order valence-corrected chi connectivity index (χ4v) is 5.57. The van der Waals surface area contributed by atoms with Crippen molar-refractivity contribution in [3.05, 3.63) is 82.6 Å². The van der Waals surface area contributed by atoms with Gasteiger partial charge in [0.1, 0.15) is 17.8 Å². The highest BCUT2D eigenvalue weighted by Crippen LogP contribution is 2.50. The standard InChI is InChI=1S/C30H30N4O5/c1-30(2)14-20(35)26-23(15-30)39-29-27(25(26)18-7-9-19(36-3)10-8-18)28-32-24(33-34(28)16-31-29)13-17-6-11-21(37-4)22(12-17)38-5/h6-12,16,25H,13-15H2,1-5H3/t25-/m1/s1. The number of methoxy groups -OCH3 is 3. The third-order valence-corrected chi connectivity index (χ3v) is 7.37. The van der Waals surface area contributed by atoms with Crippen molar-refractivity contribution in [1.82, 2.24) is 19.6 Å². The molecule has 0 amide bonds. The van der Waals surface area contributed by atoms with Gasteiger partial charge in [-0.3, -0.25) is 4.79 Å². The molecule has 0 fully saturated rings. The largest absolute Gasteiger partial charge is 0.497 e. The lowest BCUT2D eigenvalue weighted by molar-refractivity contribution is -0.118. The molecule has 0 saturated carbocycles. The van der Waals surface area contributed by atoms with Gasteiger partial charge in [-0.25, -0.2) is 14.5 Å². The van der Waals surface area contributed by atoms with Crippen LogP contribution in [0.2, 0.25) is 0 Å². The van der Waals surface area contributed by atoms with Crippen molar-refractivity contribution < 1.29 is 23.7 Å². The number of ether oxygens (including phenoxy) is 4. The lowest BCUT2D eigenvalue weighted by Crippen LogP contribution is -2.33. The van der Waals surface area contributed by atoms with Crippen molar-refractivity contribution in [2.24, 2.45) is 5.41 Å². The van der Waals surface area contributed by atoms with Gasteiger partial charge in [0, 0.05) is 30.8 Å². The Balaban J connectivity index is 1.48. The number of benzene rings is 2. The number of allylic oxidation sites excluding steroid dienone is 2. The van der Waals surface area contributed by atoms with E-state index in [1.54, 1.807) is 32.2 Å². The van der Waals surface area contributed by atoms with Crippen LogP contribution in [0.25, 0.3) is 5.65 Å². The van der Waals surface area contributed by atoms with Crippen molar-refractivity contribution in [2.75, 3.05) is 21.3 Å². The average molecular weight is 527 g/mol. The van der Waals surface area contributed by atoms with E-state index in [1.165, 1.54) is 0 Å². The number of Topliss-reactive ketones (excluding diaryl/α,β-unsaturated/α-hetero) is 1. The van der Waals surface area contributed by atoms with E-state index < -0.39 is 0 Å². The highest BCUT2D eigenvalue weighted by atomic mass is 16.5. The molecule has 0 spiro atoms. The Morgan fingerprint density at radius 1 is 1.00 bits per heavy atom. The minimum atomic E-state index is -0.382. The third-order valence-electron chi connectivity index (χ3n) is 7.37. The summed E-state index contributed by atoms with van der Waals surface area (Å²) < 4.78 is 24.2. The fourth-order valence-electron chi connectivity index (χ4n) is 5.57. The number of ketones is 1. The van der Waals surface area contributed by atoms with E-state index in [1.807, 2.05) is 42.5 Å². The maximum atomic E-state index is 13.6. The molecule has 1 aliphatic heterocycles. The summed E-state index contributed by atoms with van der Waals surface area (Å²) in [5, 5.41) is 4.71. The summed E-state index contributed by atoms with van der Waals surface area (Å²) in [6, 6.07) is 13.5. The SMILES string of the molecule is COc1ccc([C@@H]2C3=C(CC(C)(C)CC3=O)Oc3ncn4nc(Cc5ccc(OC)c(OC)c5)nc4c32)cc1. The van der Waals surface area contributed by atoms with Crippen LogP contribution in [0, 0.1) is 5.41 Å². The van der Waals surface area contributed by atoms with E-state index in [0.717, 1.165) is 22.4 Å². The Bertz CT molecular complexity index is 1620. The quantitative estimate of drug-likeness (QED) is 0.350. The molecule has 0 bridgehead atoms. The monoisotopic (exact) mass is 526 g/mol. The van der Waals surface area contributed by atoms with E-state index in [0.29, 0.717) is 59.4 Å². The fraction of sp³-hybridized carbons (Fsp3) is 0.333. The van der Waals surface area contributed by atoms with Crippen molar-refractivity contribution in [2.45, 2.75) is 39.0 Å². The van der Waals surface area contributed by atoms with Crippen LogP contribution in [0.1, 0.15) is 55.1 Å². The first kappa shape index (κ1) is 24.9. The van der Waals surface area contributed by atoms with E-state index in [4.69, 9.17) is 29.0 Å². The number of carbonyl (C=O) groups excluding carboxylic acids is 1. The van der Waals surface area contributed by atoms with E-state index in [-0.39, 0.29) is 17.1 Å². The summed E-state index contributed by atoms with van der Waals surface area (Å²) in [5.41, 5.74) is 3.75. The molecule has 4 aromatic rings. The Hall–Kier alpha value is -4.40. The molecule has 2 aromatic carbocycles. The van der Waals surface area contributed by atoms with Crippen LogP contribution >= 0.6 is 0 Å². The Morgan fingerprint density at radius 2 is 1.77 bits per heavy atom. The van der Waals surface area contributed by atoms with Gasteiger partial charge in [0.25, 0.3) is 0 Å². The zero-order chi connectivity index (χ0) is 27.3. The van der Waals surface area contributed by atoms with Crippen LogP contribution < -0.4 is 18.9 Å². The van der Waals surface area contributed by atoms with Gasteiger partial charge in [-0.2, -0.15) is 0 Å². The molecule has 39 heavy (non-hydrogen) atoms. The molecule has 6 rings (SSSR count). The van der Waals surface area contributed by atoms with E-state index in [2.05, 4.69) is 18.8 Å². The molecular formula is C30H30N4O5. The number of hydrogen-bond acceptors (Lipinski definition) is 8. The second-order valence-corrected chi connectivity index (χ2v) is 10.7. The highest BCUT2D eigenvalue weighted by molar-refractivity contribution is 6.00. The molecule has 3 heterocycles. The maximum Gasteiger partial charge on any atom is 0.228 e. The van der Waals surface area contributed by atoms with Crippen molar-refractivity contribution in [3.8, 4) is 23.1 Å². The van der Waals surface area contributed by atoms with Gasteiger partial charge < -0.3 is 18.9 Å². The maximum absolute atomic E-state index is 13.6. The number of rotatable bonds is 6. The van der Waals surface area contributed by atoms with E-state index in [9.17, 15) is 4.79 Å². The molecular weight excluding hydrogens is 496 g/mol. The first-order valence-corrected chi connectivity index (χ1v) is 12.8. The molecule has 1 atom stereocenters. The Labute approximate surface area is 226 Å². The summed E-state index contributed by atoms with van der Waals surface area (Å²) in [6.45, 7) is 4.18. The predicted octanol–water partition coefficient (Wildman–Crippen LogP) is 4.91. The molecule has 9 nitrogen and oxygen atoms in total. The van der Waals surface area contributed by atoms with Gasteiger partial charge in [-0.15, -0.1) is 5.10 Å². The Kier molecular flexibility index (Phi) is 6.01. The topological polar surface area (TPSA) is 97.1 Å². The van der Waals surface area contributed by atoms with Crippen molar-refractivity contribution in [1.29, 1.82) is 0 Å². The van der Waals surface area contributed by atoms with Crippen molar-refractivity contribution in [3.63, 3.8) is 0 Å². The number of hydrogen-bond donors (Lipinski definition) is 0. The minimum Gasteiger partial charge on any atom is -0.497 e. The first-order chi connectivity index (χ1) is 18.8. The molecule has 2 aliphatic rings. The van der Waals surface area contributed by atoms with Crippen LogP contribution in [0.5, 0.6) is 23.1 Å². The molecule has 0 saturated heterocycles. The Morgan fingerprint density at radius 3 is 2.49 bits per heavy atom. The average Bonchev–Trinajstić information content (AvgIpc) is 3.33. The zero-order valence-corrected chi connectivity index (χ0v) is 22.6. The summed E-state index contributed by atoms with van der Waals surface area (Å²) in [5.74, 6) is 3.50. The molecule has 1 aliphatic carbocycles. The summed E-state index contributed by atoms with van der Waals surface area (Å²) >= 11 is 0. The predicted molar refractivity (Wildman–Crippen MR) is 144 cm³/mol. The minimum absolute atomic E-state index is 0.0831. The zero-order valence-electron chi connectivity index (χ0n) is 22.6. The van der Waals surface area contributed by atoms with Gasteiger partial charge >= 0.3 is 0 Å². The normalized spacial score (nSPS) is 17.9. The molecule has 9 heteroatoms. The van der Waals surface area contributed by atoms with Crippen LogP contribution in [-0.4, -0.2) is 46.7 Å². The summed E-state index contributed by atoms with van der Waals surface area (Å²) in [4.78, 5) is 23.2. The highest BCUT2D eigenvalue weighted by Gasteiger charge is 2.44. The molecule has 0 N–H and O–H groups in total. The lowest BCUT2D eigenvalue weighted by atomic mass is 9.70. The van der Waals surface area contributed by atoms with Gasteiger partial charge in [-0.05, 0) is 40.8 Å². The lowest BCUT2D eigenvalue weighted by Gasteiger charge is -2.37. The number of carbonyl (C=O) groups is 1. The van der Waals surface area contributed by atoms with Crippen LogP contribution in [0.15, 0.2) is 60.1 Å². The number of aromatic nitrogens is 4. The molecule has 0 unspecified atom stereocenters. The molecule has 2 aromatic heterocycles. The van der Waals surface area contributed by atoms with Crippen LogP contribution in [0.3, 0.4) is 0 Å². The van der Waals surface area contributed by atoms with Crippen LogP contribution in [0.4, 0.5) is 0 Å². The second kappa shape index (κ2) is 9.41. The third kappa shape index (κ3) is 4.37. The number of nitrogens with zero attached hydrogens (tertiary/aromatic N) is 4. The second-order valence-electron chi connectivity index (χ2n) is 10.7. The summed E-state index contributed by atoms with van der Waals surface area (Å²) in [7, 11) is 4.85. The van der Waals surface area contributed by atoms with Crippen LogP contribution in [-0.2, 0) is 11.2 Å². The van der Waals surface area contributed by atoms with Gasteiger partial charge in [0.2, 0.25) is 5.88 Å². The summed E-state index contributed by atoms with van der Waals surface area (Å²) in [6.07, 6.45) is 3.20. The number of fused-ring (bicyclic) bond motifs is 3. The van der Waals surface area contributed by atoms with E-state index >= 15 is 0 Å². The smallest absolute Gasteiger partial charge is 0.228 e. The molecule has 0 radical (unpaired) electrons. The van der Waals surface area contributed by atoms with Crippen molar-refractivity contribution >= 4 is 11.4 Å². The van der Waals surface area contributed by atoms with Gasteiger partial charge in [0.15, 0.2) is 28.8 Å². The first-order valence-electron chi connectivity index (χ1n) is 12.8. The molecule has 200 valence electrons.